The van der Waals surface area contributed by atoms with Crippen LogP contribution in [-0.4, -0.2) is 35.6 Å². The third kappa shape index (κ3) is 4.86. The normalized spacial score (nSPS) is 12.0. The van der Waals surface area contributed by atoms with Gasteiger partial charge in [-0.3, -0.25) is 4.79 Å². The molecule has 0 saturated heterocycles. The zero-order chi connectivity index (χ0) is 25.5. The van der Waals surface area contributed by atoms with Crippen molar-refractivity contribution >= 4 is 17.4 Å². The fourth-order valence-corrected chi connectivity index (χ4v) is 3.72. The van der Waals surface area contributed by atoms with E-state index in [1.165, 1.54) is 0 Å². The van der Waals surface area contributed by atoms with Crippen molar-refractivity contribution in [1.29, 1.82) is 0 Å². The number of carbonyl (C=O) groups excluding carboxylic acids is 1. The highest BCUT2D eigenvalue weighted by Crippen LogP contribution is 2.31. The fraction of sp³-hybridized carbons (Fsp3) is 0.391. The Balaban J connectivity index is 1.55. The third-order valence-corrected chi connectivity index (χ3v) is 5.63. The smallest absolute Gasteiger partial charge is 0.334 e. The second-order valence-electron chi connectivity index (χ2n) is 8.56. The molecule has 0 aliphatic heterocycles. The Bertz CT molecular complexity index is 1410. The van der Waals surface area contributed by atoms with E-state index in [1.54, 1.807) is 19.9 Å². The van der Waals surface area contributed by atoms with E-state index in [0.717, 1.165) is 10.1 Å². The standard InChI is InChI=1S/C23H24F3N7O2/c1-11(2)19-29-20(35-32-19)16-8-6-7-12(3)18(16)28-17(34)10-9-15-13(4)27-22-30-21(23(24,25)26)31-33(22)14(15)5/h6-8,11H,9-10H2,1-5H3,(H,28,34). The highest BCUT2D eigenvalue weighted by atomic mass is 19.4. The number of aromatic nitrogens is 6. The second kappa shape index (κ2) is 9.08. The predicted molar refractivity (Wildman–Crippen MR) is 121 cm³/mol. The molecule has 3 aromatic heterocycles. The summed E-state index contributed by atoms with van der Waals surface area (Å²) in [7, 11) is 0. The summed E-state index contributed by atoms with van der Waals surface area (Å²) in [5.41, 5.74) is 3.56. The summed E-state index contributed by atoms with van der Waals surface area (Å²) in [5, 5.41) is 10.5. The number of anilines is 1. The Kier molecular flexibility index (Phi) is 6.30. The van der Waals surface area contributed by atoms with E-state index in [9.17, 15) is 18.0 Å². The number of hydrogen-bond acceptors (Lipinski definition) is 7. The number of carbonyl (C=O) groups is 1. The molecule has 1 aromatic carbocycles. The molecule has 0 saturated carbocycles. The van der Waals surface area contributed by atoms with Crippen LogP contribution in [-0.2, 0) is 17.4 Å². The largest absolute Gasteiger partial charge is 0.453 e. The highest BCUT2D eigenvalue weighted by Gasteiger charge is 2.37. The van der Waals surface area contributed by atoms with Crippen LogP contribution in [0, 0.1) is 20.8 Å². The number of halogens is 3. The molecule has 0 spiro atoms. The van der Waals surface area contributed by atoms with Crippen LogP contribution >= 0.6 is 0 Å². The molecule has 0 aliphatic rings. The second-order valence-corrected chi connectivity index (χ2v) is 8.56. The van der Waals surface area contributed by atoms with Crippen LogP contribution in [0.15, 0.2) is 22.7 Å². The van der Waals surface area contributed by atoms with Crippen LogP contribution < -0.4 is 5.32 Å². The number of fused-ring (bicyclic) bond motifs is 1. The van der Waals surface area contributed by atoms with Gasteiger partial charge in [0.15, 0.2) is 5.82 Å². The average molecular weight is 487 g/mol. The zero-order valence-electron chi connectivity index (χ0n) is 19.9. The Morgan fingerprint density at radius 1 is 1.14 bits per heavy atom. The van der Waals surface area contributed by atoms with Gasteiger partial charge in [0.1, 0.15) is 0 Å². The lowest BCUT2D eigenvalue weighted by molar-refractivity contribution is -0.144. The SMILES string of the molecule is Cc1cccc(-c2nc(C(C)C)no2)c1NC(=O)CCc1c(C)nc2nc(C(F)(F)F)nn2c1C. The number of hydrogen-bond donors (Lipinski definition) is 1. The molecule has 0 bridgehead atoms. The maximum atomic E-state index is 13.0. The molecule has 1 N–H and O–H groups in total. The topological polar surface area (TPSA) is 111 Å². The summed E-state index contributed by atoms with van der Waals surface area (Å²) in [6.45, 7) is 9.06. The van der Waals surface area contributed by atoms with Crippen LogP contribution in [0.5, 0.6) is 0 Å². The van der Waals surface area contributed by atoms with Crippen molar-refractivity contribution in [2.24, 2.45) is 0 Å². The highest BCUT2D eigenvalue weighted by molar-refractivity contribution is 5.95. The quantitative estimate of drug-likeness (QED) is 0.415. The molecule has 4 rings (SSSR count). The summed E-state index contributed by atoms with van der Waals surface area (Å²) >= 11 is 0. The fourth-order valence-electron chi connectivity index (χ4n) is 3.72. The zero-order valence-corrected chi connectivity index (χ0v) is 19.9. The van der Waals surface area contributed by atoms with E-state index in [-0.39, 0.29) is 30.4 Å². The van der Waals surface area contributed by atoms with Gasteiger partial charge in [0.2, 0.25) is 5.91 Å². The van der Waals surface area contributed by atoms with Crippen molar-refractivity contribution in [3.05, 3.63) is 52.4 Å². The number of rotatable bonds is 6. The number of aryl methyl sites for hydroxylation is 3. The van der Waals surface area contributed by atoms with Gasteiger partial charge < -0.3 is 9.84 Å². The van der Waals surface area contributed by atoms with Crippen LogP contribution in [0.1, 0.15) is 60.3 Å². The van der Waals surface area contributed by atoms with Crippen molar-refractivity contribution in [3.8, 4) is 11.5 Å². The number of alkyl halides is 3. The first-order valence-electron chi connectivity index (χ1n) is 11.0. The van der Waals surface area contributed by atoms with E-state index in [4.69, 9.17) is 4.52 Å². The van der Waals surface area contributed by atoms with Gasteiger partial charge in [0.05, 0.1) is 11.3 Å². The van der Waals surface area contributed by atoms with Gasteiger partial charge >= 0.3 is 6.18 Å². The minimum absolute atomic E-state index is 0.0740. The molecule has 0 aliphatic carbocycles. The maximum Gasteiger partial charge on any atom is 0.453 e. The lowest BCUT2D eigenvalue weighted by Crippen LogP contribution is -2.15. The molecule has 4 aromatic rings. The van der Waals surface area contributed by atoms with Crippen molar-refractivity contribution in [2.45, 2.75) is 59.6 Å². The first kappa shape index (κ1) is 24.3. The van der Waals surface area contributed by atoms with Gasteiger partial charge in [0.25, 0.3) is 17.5 Å². The predicted octanol–water partition coefficient (Wildman–Crippen LogP) is 4.81. The van der Waals surface area contributed by atoms with Crippen molar-refractivity contribution < 1.29 is 22.5 Å². The minimum Gasteiger partial charge on any atom is -0.334 e. The van der Waals surface area contributed by atoms with Gasteiger partial charge in [-0.1, -0.05) is 31.1 Å². The van der Waals surface area contributed by atoms with Crippen molar-refractivity contribution in [2.75, 3.05) is 5.32 Å². The Morgan fingerprint density at radius 2 is 1.89 bits per heavy atom. The van der Waals surface area contributed by atoms with Crippen LogP contribution in [0.4, 0.5) is 18.9 Å². The molecule has 9 nitrogen and oxygen atoms in total. The van der Waals surface area contributed by atoms with Gasteiger partial charge in [0, 0.05) is 23.7 Å². The number of amides is 1. The maximum absolute atomic E-state index is 13.0. The summed E-state index contributed by atoms with van der Waals surface area (Å²) < 4.78 is 45.5. The number of benzene rings is 1. The van der Waals surface area contributed by atoms with E-state index in [1.807, 2.05) is 32.9 Å². The van der Waals surface area contributed by atoms with E-state index in [0.29, 0.717) is 39.9 Å². The number of para-hydroxylation sites is 1. The Hall–Kier alpha value is -3.83. The van der Waals surface area contributed by atoms with E-state index >= 15 is 0 Å². The molecule has 3 heterocycles. The van der Waals surface area contributed by atoms with Crippen LogP contribution in [0.3, 0.4) is 0 Å². The first-order chi connectivity index (χ1) is 16.5. The van der Waals surface area contributed by atoms with E-state index in [2.05, 4.69) is 30.5 Å². The molecule has 1 amide bonds. The van der Waals surface area contributed by atoms with Gasteiger partial charge in [-0.2, -0.15) is 23.1 Å². The van der Waals surface area contributed by atoms with Crippen molar-refractivity contribution in [1.82, 2.24) is 29.7 Å². The van der Waals surface area contributed by atoms with Crippen LogP contribution in [0.25, 0.3) is 17.2 Å². The molecule has 0 atom stereocenters. The molecule has 0 unspecified atom stereocenters. The summed E-state index contributed by atoms with van der Waals surface area (Å²) in [6.07, 6.45) is -4.34. The lowest BCUT2D eigenvalue weighted by atomic mass is 10.0. The van der Waals surface area contributed by atoms with Crippen molar-refractivity contribution in [3.63, 3.8) is 0 Å². The van der Waals surface area contributed by atoms with Gasteiger partial charge in [-0.05, 0) is 44.4 Å². The molecule has 0 fully saturated rings. The van der Waals surface area contributed by atoms with E-state index < -0.39 is 12.0 Å². The molecule has 184 valence electrons. The molecule has 35 heavy (non-hydrogen) atoms. The third-order valence-electron chi connectivity index (χ3n) is 5.63. The Morgan fingerprint density at radius 3 is 2.54 bits per heavy atom. The summed E-state index contributed by atoms with van der Waals surface area (Å²) in [6, 6.07) is 5.48. The molecular formula is C23H24F3N7O2. The minimum atomic E-state index is -4.67. The van der Waals surface area contributed by atoms with Gasteiger partial charge in [-0.25, -0.2) is 9.50 Å². The summed E-state index contributed by atoms with van der Waals surface area (Å²) in [5.74, 6) is -0.709. The average Bonchev–Trinajstić information content (AvgIpc) is 3.42. The number of nitrogens with one attached hydrogen (secondary N) is 1. The molecular weight excluding hydrogens is 463 g/mol. The molecule has 0 radical (unpaired) electrons. The Labute approximate surface area is 198 Å². The first-order valence-corrected chi connectivity index (χ1v) is 11.0. The summed E-state index contributed by atoms with van der Waals surface area (Å²) in [4.78, 5) is 24.9. The molecule has 12 heteroatoms. The number of nitrogens with zero attached hydrogens (tertiary/aromatic N) is 6. The monoisotopic (exact) mass is 487 g/mol. The van der Waals surface area contributed by atoms with Gasteiger partial charge in [-0.15, -0.1) is 5.10 Å². The van der Waals surface area contributed by atoms with Crippen LogP contribution in [0.2, 0.25) is 0 Å². The lowest BCUT2D eigenvalue weighted by Gasteiger charge is -2.13.